The van der Waals surface area contributed by atoms with Crippen molar-refractivity contribution in [3.05, 3.63) is 48.6 Å². The van der Waals surface area contributed by atoms with Gasteiger partial charge in [0, 0.05) is 6.54 Å². The van der Waals surface area contributed by atoms with Gasteiger partial charge in [-0.2, -0.15) is 0 Å². The van der Waals surface area contributed by atoms with Gasteiger partial charge < -0.3 is 9.64 Å². The third-order valence-corrected chi connectivity index (χ3v) is 3.72. The van der Waals surface area contributed by atoms with E-state index in [9.17, 15) is 4.79 Å². The molecule has 0 aliphatic heterocycles. The van der Waals surface area contributed by atoms with E-state index in [4.69, 9.17) is 4.74 Å². The highest BCUT2D eigenvalue weighted by Crippen LogP contribution is 2.55. The summed E-state index contributed by atoms with van der Waals surface area (Å²) >= 11 is 0. The molecule has 1 aliphatic rings. The summed E-state index contributed by atoms with van der Waals surface area (Å²) in [6.07, 6.45) is 2.67. The molecule has 19 heavy (non-hydrogen) atoms. The Labute approximate surface area is 114 Å². The van der Waals surface area contributed by atoms with Crippen LogP contribution in [-0.2, 0) is 14.9 Å². The van der Waals surface area contributed by atoms with Crippen LogP contribution in [0, 0.1) is 5.92 Å². The van der Waals surface area contributed by atoms with E-state index in [-0.39, 0.29) is 11.9 Å². The molecule has 2 unspecified atom stereocenters. The van der Waals surface area contributed by atoms with Gasteiger partial charge in [-0.1, -0.05) is 36.4 Å². The van der Waals surface area contributed by atoms with Gasteiger partial charge >= 0.3 is 5.97 Å². The van der Waals surface area contributed by atoms with Crippen molar-refractivity contribution in [3.63, 3.8) is 0 Å². The van der Waals surface area contributed by atoms with Gasteiger partial charge in [0.05, 0.1) is 5.41 Å². The molecule has 1 saturated carbocycles. The lowest BCUT2D eigenvalue weighted by Gasteiger charge is -2.17. The van der Waals surface area contributed by atoms with Crippen molar-refractivity contribution in [2.24, 2.45) is 5.92 Å². The van der Waals surface area contributed by atoms with Gasteiger partial charge in [0.25, 0.3) is 0 Å². The van der Waals surface area contributed by atoms with Gasteiger partial charge in [-0.3, -0.25) is 4.79 Å². The van der Waals surface area contributed by atoms with Crippen LogP contribution >= 0.6 is 0 Å². The Bertz CT molecular complexity index is 455. The van der Waals surface area contributed by atoms with Crippen LogP contribution in [0.15, 0.2) is 43.0 Å². The average Bonchev–Trinajstić information content (AvgIpc) is 3.15. The van der Waals surface area contributed by atoms with Crippen molar-refractivity contribution < 1.29 is 9.53 Å². The molecule has 0 radical (unpaired) electrons. The second kappa shape index (κ2) is 5.57. The van der Waals surface area contributed by atoms with Crippen LogP contribution in [0.25, 0.3) is 0 Å². The monoisotopic (exact) mass is 259 g/mol. The zero-order valence-corrected chi connectivity index (χ0v) is 11.6. The highest BCUT2D eigenvalue weighted by molar-refractivity contribution is 5.88. The molecule has 0 spiro atoms. The largest absolute Gasteiger partial charge is 0.464 e. The van der Waals surface area contributed by atoms with Crippen LogP contribution in [0.5, 0.6) is 0 Å². The molecule has 0 aromatic heterocycles. The van der Waals surface area contributed by atoms with E-state index >= 15 is 0 Å². The van der Waals surface area contributed by atoms with Gasteiger partial charge in [0.1, 0.15) is 6.61 Å². The Morgan fingerprint density at radius 3 is 2.68 bits per heavy atom. The number of likely N-dealkylation sites (N-methyl/N-ethyl adjacent to an activating group) is 1. The number of benzene rings is 1. The van der Waals surface area contributed by atoms with Crippen molar-refractivity contribution in [2.45, 2.75) is 11.8 Å². The van der Waals surface area contributed by atoms with Crippen LogP contribution in [0.1, 0.15) is 12.0 Å². The minimum Gasteiger partial charge on any atom is -0.464 e. The fourth-order valence-electron chi connectivity index (χ4n) is 2.44. The molecule has 1 aliphatic carbocycles. The summed E-state index contributed by atoms with van der Waals surface area (Å²) < 4.78 is 5.44. The highest BCUT2D eigenvalue weighted by atomic mass is 16.5. The lowest BCUT2D eigenvalue weighted by Crippen LogP contribution is -2.28. The quantitative estimate of drug-likeness (QED) is 0.579. The molecule has 0 saturated heterocycles. The zero-order valence-electron chi connectivity index (χ0n) is 11.6. The van der Waals surface area contributed by atoms with Gasteiger partial charge in [-0.25, -0.2) is 0 Å². The summed E-state index contributed by atoms with van der Waals surface area (Å²) in [6.45, 7) is 5.00. The Morgan fingerprint density at radius 2 is 2.16 bits per heavy atom. The molecule has 0 N–H and O–H groups in total. The molecule has 3 nitrogen and oxygen atoms in total. The van der Waals surface area contributed by atoms with E-state index in [1.54, 1.807) is 0 Å². The first-order chi connectivity index (χ1) is 9.11. The second-order valence-corrected chi connectivity index (χ2v) is 5.32. The minimum atomic E-state index is -0.491. The summed E-state index contributed by atoms with van der Waals surface area (Å²) in [5.41, 5.74) is 0.546. The van der Waals surface area contributed by atoms with Gasteiger partial charge in [0.15, 0.2) is 0 Å². The number of esters is 1. The topological polar surface area (TPSA) is 29.5 Å². The third-order valence-electron chi connectivity index (χ3n) is 3.72. The third kappa shape index (κ3) is 2.71. The van der Waals surface area contributed by atoms with E-state index in [1.165, 1.54) is 0 Å². The molecule has 3 heteroatoms. The molecule has 0 bridgehead atoms. The number of nitrogens with zero attached hydrogens (tertiary/aromatic N) is 1. The fourth-order valence-corrected chi connectivity index (χ4v) is 2.44. The smallest absolute Gasteiger partial charge is 0.317 e. The Balaban J connectivity index is 2.09. The Kier molecular flexibility index (Phi) is 4.05. The van der Waals surface area contributed by atoms with Crippen molar-refractivity contribution in [3.8, 4) is 0 Å². The van der Waals surface area contributed by atoms with Crippen molar-refractivity contribution in [1.29, 1.82) is 0 Å². The maximum Gasteiger partial charge on any atom is 0.317 e. The van der Waals surface area contributed by atoms with Crippen molar-refractivity contribution >= 4 is 5.97 Å². The van der Waals surface area contributed by atoms with Crippen LogP contribution in [0.3, 0.4) is 0 Å². The molecular weight excluding hydrogens is 238 g/mol. The lowest BCUT2D eigenvalue weighted by atomic mass is 9.93. The summed E-state index contributed by atoms with van der Waals surface area (Å²) in [5.74, 6) is 0.0761. The zero-order chi connectivity index (χ0) is 13.9. The van der Waals surface area contributed by atoms with E-state index < -0.39 is 5.41 Å². The standard InChI is InChI=1S/C16H21NO2/c1-4-13-12-16(13,14-8-6-5-7-9-14)15(18)19-11-10-17(2)3/h4-9,13H,1,10-12H2,2-3H3. The van der Waals surface area contributed by atoms with E-state index in [0.29, 0.717) is 6.61 Å². The minimum absolute atomic E-state index is 0.120. The predicted molar refractivity (Wildman–Crippen MR) is 75.9 cm³/mol. The number of carbonyl (C=O) groups is 1. The van der Waals surface area contributed by atoms with Gasteiger partial charge in [0.2, 0.25) is 0 Å². The predicted octanol–water partition coefficient (Wildman–Crippen LogP) is 2.24. The van der Waals surface area contributed by atoms with Crippen LogP contribution in [-0.4, -0.2) is 38.1 Å². The molecule has 1 aromatic carbocycles. The van der Waals surface area contributed by atoms with E-state index in [2.05, 4.69) is 6.58 Å². The molecule has 2 rings (SSSR count). The number of allylic oxidation sites excluding steroid dienone is 1. The van der Waals surface area contributed by atoms with Crippen LogP contribution in [0.2, 0.25) is 0 Å². The average molecular weight is 259 g/mol. The molecule has 0 heterocycles. The summed E-state index contributed by atoms with van der Waals surface area (Å²) in [6, 6.07) is 9.87. The van der Waals surface area contributed by atoms with Crippen LogP contribution < -0.4 is 0 Å². The fraction of sp³-hybridized carbons (Fsp3) is 0.438. The molecule has 2 atom stereocenters. The number of carbonyl (C=O) groups excluding carboxylic acids is 1. The summed E-state index contributed by atoms with van der Waals surface area (Å²) in [7, 11) is 3.93. The molecule has 102 valence electrons. The first kappa shape index (κ1) is 13.8. The molecular formula is C16H21NO2. The summed E-state index contributed by atoms with van der Waals surface area (Å²) in [5, 5.41) is 0. The SMILES string of the molecule is C=CC1CC1(C(=O)OCCN(C)C)c1ccccc1. The molecule has 0 amide bonds. The first-order valence-electron chi connectivity index (χ1n) is 6.61. The Hall–Kier alpha value is -1.61. The second-order valence-electron chi connectivity index (χ2n) is 5.32. The maximum absolute atomic E-state index is 12.4. The summed E-state index contributed by atoms with van der Waals surface area (Å²) in [4.78, 5) is 14.4. The molecule has 1 aromatic rings. The van der Waals surface area contributed by atoms with Gasteiger partial charge in [-0.15, -0.1) is 6.58 Å². The van der Waals surface area contributed by atoms with Gasteiger partial charge in [-0.05, 0) is 32.0 Å². The number of hydrogen-bond acceptors (Lipinski definition) is 3. The first-order valence-corrected chi connectivity index (χ1v) is 6.61. The number of rotatable bonds is 6. The maximum atomic E-state index is 12.4. The van der Waals surface area contributed by atoms with E-state index in [1.807, 2.05) is 55.4 Å². The number of ether oxygens (including phenoxy) is 1. The molecule has 1 fully saturated rings. The van der Waals surface area contributed by atoms with Crippen molar-refractivity contribution in [1.82, 2.24) is 4.90 Å². The van der Waals surface area contributed by atoms with Crippen molar-refractivity contribution in [2.75, 3.05) is 27.2 Å². The lowest BCUT2D eigenvalue weighted by molar-refractivity contribution is -0.147. The normalized spacial score (nSPS) is 25.1. The van der Waals surface area contributed by atoms with E-state index in [0.717, 1.165) is 18.5 Å². The number of hydrogen-bond donors (Lipinski definition) is 0. The van der Waals surface area contributed by atoms with Crippen LogP contribution in [0.4, 0.5) is 0 Å². The Morgan fingerprint density at radius 1 is 1.47 bits per heavy atom. The highest BCUT2D eigenvalue weighted by Gasteiger charge is 2.60.